The summed E-state index contributed by atoms with van der Waals surface area (Å²) in [6.45, 7) is 1.42. The lowest BCUT2D eigenvalue weighted by Gasteiger charge is -2.03. The third-order valence-corrected chi connectivity index (χ3v) is 5.89. The van der Waals surface area contributed by atoms with Crippen LogP contribution in [0, 0.1) is 0 Å². The van der Waals surface area contributed by atoms with Gasteiger partial charge >= 0.3 is 0 Å². The van der Waals surface area contributed by atoms with Crippen molar-refractivity contribution in [1.29, 1.82) is 0 Å². The first-order valence-corrected chi connectivity index (χ1v) is 8.77. The summed E-state index contributed by atoms with van der Waals surface area (Å²) in [5.41, 5.74) is 2.28. The van der Waals surface area contributed by atoms with Gasteiger partial charge in [-0.05, 0) is 42.3 Å². The molecule has 21 heavy (non-hydrogen) atoms. The zero-order valence-electron chi connectivity index (χ0n) is 11.4. The van der Waals surface area contributed by atoms with Crippen LogP contribution in [0.3, 0.4) is 0 Å². The first kappa shape index (κ1) is 13.2. The smallest absolute Gasteiger partial charge is 0.268 e. The van der Waals surface area contributed by atoms with Gasteiger partial charge < -0.3 is 10.3 Å². The summed E-state index contributed by atoms with van der Waals surface area (Å²) in [5.74, 6) is 0.704. The standard InChI is InChI=1S/C15H15N3OS2/c19-15-14-11(4-5-20-14)17-13(18-15)8-16-7-10-6-9-2-1-3-12(9)21-10/h4-6,16H,1-3,7-8H2,(H,17,18,19). The molecule has 1 aliphatic carbocycles. The van der Waals surface area contributed by atoms with Crippen molar-refractivity contribution in [3.63, 3.8) is 0 Å². The summed E-state index contributed by atoms with van der Waals surface area (Å²) in [6.07, 6.45) is 3.78. The Labute approximate surface area is 129 Å². The quantitative estimate of drug-likeness (QED) is 0.778. The van der Waals surface area contributed by atoms with Gasteiger partial charge in [0.1, 0.15) is 10.5 Å². The minimum Gasteiger partial charge on any atom is -0.308 e. The number of nitrogens with one attached hydrogen (secondary N) is 2. The highest BCUT2D eigenvalue weighted by Gasteiger charge is 2.14. The highest BCUT2D eigenvalue weighted by Crippen LogP contribution is 2.30. The van der Waals surface area contributed by atoms with Crippen molar-refractivity contribution >= 4 is 32.9 Å². The largest absolute Gasteiger partial charge is 0.308 e. The molecule has 0 unspecified atom stereocenters. The maximum absolute atomic E-state index is 11.9. The molecule has 3 heterocycles. The Morgan fingerprint density at radius 1 is 1.33 bits per heavy atom. The van der Waals surface area contributed by atoms with E-state index in [0.29, 0.717) is 17.1 Å². The lowest BCUT2D eigenvalue weighted by molar-refractivity contribution is 0.669. The van der Waals surface area contributed by atoms with Gasteiger partial charge in [0, 0.05) is 16.3 Å². The van der Waals surface area contributed by atoms with Crippen LogP contribution < -0.4 is 10.9 Å². The second-order valence-electron chi connectivity index (χ2n) is 5.27. The number of H-pyrrole nitrogens is 1. The summed E-state index contributed by atoms with van der Waals surface area (Å²) in [4.78, 5) is 22.1. The van der Waals surface area contributed by atoms with E-state index >= 15 is 0 Å². The Bertz CT molecular complexity index is 825. The van der Waals surface area contributed by atoms with Crippen molar-refractivity contribution in [1.82, 2.24) is 15.3 Å². The molecule has 108 valence electrons. The molecule has 3 aromatic heterocycles. The lowest BCUT2D eigenvalue weighted by Crippen LogP contribution is -2.18. The lowest BCUT2D eigenvalue weighted by atomic mass is 10.2. The van der Waals surface area contributed by atoms with E-state index in [1.165, 1.54) is 41.0 Å². The Kier molecular flexibility index (Phi) is 3.37. The Morgan fingerprint density at radius 3 is 3.19 bits per heavy atom. The van der Waals surface area contributed by atoms with E-state index in [0.717, 1.165) is 12.1 Å². The number of aryl methyl sites for hydroxylation is 2. The van der Waals surface area contributed by atoms with E-state index < -0.39 is 0 Å². The highest BCUT2D eigenvalue weighted by atomic mass is 32.1. The van der Waals surface area contributed by atoms with E-state index in [9.17, 15) is 4.79 Å². The Balaban J connectivity index is 1.44. The number of fused-ring (bicyclic) bond motifs is 2. The Morgan fingerprint density at radius 2 is 2.29 bits per heavy atom. The predicted molar refractivity (Wildman–Crippen MR) is 87.1 cm³/mol. The van der Waals surface area contributed by atoms with Gasteiger partial charge in [0.2, 0.25) is 0 Å². The molecule has 1 aliphatic rings. The molecule has 4 nitrogen and oxygen atoms in total. The third-order valence-electron chi connectivity index (χ3n) is 3.75. The average molecular weight is 317 g/mol. The normalized spacial score (nSPS) is 13.9. The van der Waals surface area contributed by atoms with Crippen molar-refractivity contribution in [3.8, 4) is 0 Å². The van der Waals surface area contributed by atoms with Crippen LogP contribution in [0.4, 0.5) is 0 Å². The van der Waals surface area contributed by atoms with Crippen molar-refractivity contribution < 1.29 is 0 Å². The second-order valence-corrected chi connectivity index (χ2v) is 7.40. The minimum absolute atomic E-state index is 0.0399. The zero-order valence-corrected chi connectivity index (χ0v) is 13.1. The fraction of sp³-hybridized carbons (Fsp3) is 0.333. The maximum atomic E-state index is 11.9. The van der Waals surface area contributed by atoms with E-state index in [1.807, 2.05) is 22.8 Å². The van der Waals surface area contributed by atoms with Gasteiger partial charge in [-0.25, -0.2) is 4.98 Å². The predicted octanol–water partition coefficient (Wildman–Crippen LogP) is 2.82. The van der Waals surface area contributed by atoms with Crippen molar-refractivity contribution in [2.24, 2.45) is 0 Å². The number of nitrogens with zero attached hydrogens (tertiary/aromatic N) is 1. The van der Waals surface area contributed by atoms with Crippen LogP contribution in [0.2, 0.25) is 0 Å². The van der Waals surface area contributed by atoms with Crippen molar-refractivity contribution in [2.45, 2.75) is 32.4 Å². The first-order valence-electron chi connectivity index (χ1n) is 7.07. The van der Waals surface area contributed by atoms with Gasteiger partial charge in [0.05, 0.1) is 12.1 Å². The second kappa shape index (κ2) is 5.36. The minimum atomic E-state index is -0.0399. The van der Waals surface area contributed by atoms with Gasteiger partial charge in [0.15, 0.2) is 0 Å². The zero-order chi connectivity index (χ0) is 14.2. The summed E-state index contributed by atoms with van der Waals surface area (Å²) in [7, 11) is 0. The molecule has 0 bridgehead atoms. The van der Waals surface area contributed by atoms with E-state index in [2.05, 4.69) is 21.4 Å². The highest BCUT2D eigenvalue weighted by molar-refractivity contribution is 7.17. The third kappa shape index (κ3) is 2.54. The van der Waals surface area contributed by atoms with E-state index in [1.54, 1.807) is 4.88 Å². The fourth-order valence-electron chi connectivity index (χ4n) is 2.79. The molecular formula is C15H15N3OS2. The Hall–Kier alpha value is -1.50. The van der Waals surface area contributed by atoms with Crippen LogP contribution in [0.15, 0.2) is 22.3 Å². The molecule has 0 atom stereocenters. The number of hydrogen-bond acceptors (Lipinski definition) is 5. The van der Waals surface area contributed by atoms with Crippen LogP contribution in [0.1, 0.15) is 27.6 Å². The van der Waals surface area contributed by atoms with Crippen LogP contribution in [0.25, 0.3) is 10.2 Å². The SMILES string of the molecule is O=c1[nH]c(CNCc2cc3c(s2)CCC3)nc2ccsc12. The summed E-state index contributed by atoms with van der Waals surface area (Å²) in [6, 6.07) is 4.21. The summed E-state index contributed by atoms with van der Waals surface area (Å²) >= 11 is 3.34. The molecule has 0 aliphatic heterocycles. The topological polar surface area (TPSA) is 57.8 Å². The number of aromatic nitrogens is 2. The van der Waals surface area contributed by atoms with Gasteiger partial charge in [-0.1, -0.05) is 0 Å². The fourth-order valence-corrected chi connectivity index (χ4v) is 4.74. The first-order chi connectivity index (χ1) is 10.3. The van der Waals surface area contributed by atoms with Gasteiger partial charge in [-0.2, -0.15) is 0 Å². The molecule has 0 fully saturated rings. The van der Waals surface area contributed by atoms with E-state index in [4.69, 9.17) is 0 Å². The molecule has 6 heteroatoms. The monoisotopic (exact) mass is 317 g/mol. The molecule has 0 radical (unpaired) electrons. The van der Waals surface area contributed by atoms with Gasteiger partial charge in [0.25, 0.3) is 5.56 Å². The molecule has 0 saturated carbocycles. The van der Waals surface area contributed by atoms with Crippen LogP contribution in [-0.2, 0) is 25.9 Å². The molecule has 4 rings (SSSR count). The molecule has 0 aromatic carbocycles. The van der Waals surface area contributed by atoms with Crippen LogP contribution in [-0.4, -0.2) is 9.97 Å². The van der Waals surface area contributed by atoms with Crippen LogP contribution in [0.5, 0.6) is 0 Å². The number of thiophene rings is 2. The van der Waals surface area contributed by atoms with Gasteiger partial charge in [-0.15, -0.1) is 22.7 Å². The molecule has 0 spiro atoms. The summed E-state index contributed by atoms with van der Waals surface area (Å²) < 4.78 is 0.702. The summed E-state index contributed by atoms with van der Waals surface area (Å²) in [5, 5.41) is 5.27. The molecule has 3 aromatic rings. The number of aromatic amines is 1. The molecular weight excluding hydrogens is 302 g/mol. The number of hydrogen-bond donors (Lipinski definition) is 2. The molecule has 0 amide bonds. The molecule has 0 saturated heterocycles. The number of rotatable bonds is 4. The van der Waals surface area contributed by atoms with Crippen molar-refractivity contribution in [3.05, 3.63) is 49.0 Å². The van der Waals surface area contributed by atoms with Crippen LogP contribution >= 0.6 is 22.7 Å². The molecule has 2 N–H and O–H groups in total. The van der Waals surface area contributed by atoms with Crippen molar-refractivity contribution in [2.75, 3.05) is 0 Å². The van der Waals surface area contributed by atoms with E-state index in [-0.39, 0.29) is 5.56 Å². The van der Waals surface area contributed by atoms with Gasteiger partial charge in [-0.3, -0.25) is 4.79 Å². The maximum Gasteiger partial charge on any atom is 0.268 e. The average Bonchev–Trinajstić information content (AvgIpc) is 3.12.